The molecule has 0 saturated heterocycles. The van der Waals surface area contributed by atoms with Gasteiger partial charge in [-0.1, -0.05) is 14.9 Å². The minimum Gasteiger partial charge on any atom is -0.320 e. The summed E-state index contributed by atoms with van der Waals surface area (Å²) in [6.07, 6.45) is 0. The minimum absolute atomic E-state index is 0. The summed E-state index contributed by atoms with van der Waals surface area (Å²) in [5.41, 5.74) is 0. The number of nitrogens with two attached hydrogens (primary N) is 2. The van der Waals surface area contributed by atoms with E-state index >= 15 is 0 Å². The Hall–Kier alpha value is -0.160. The van der Waals surface area contributed by atoms with Crippen molar-refractivity contribution < 1.29 is 10.4 Å². The highest BCUT2D eigenvalue weighted by atomic mass is 16.4. The van der Waals surface area contributed by atoms with Gasteiger partial charge in [-0.3, -0.25) is 0 Å². The Morgan fingerprint density at radius 1 is 0.667 bits per heavy atom. The van der Waals surface area contributed by atoms with Gasteiger partial charge in [0.1, 0.15) is 0 Å². The summed E-state index contributed by atoms with van der Waals surface area (Å²) >= 11 is 0. The van der Waals surface area contributed by atoms with Gasteiger partial charge in [0.2, 0.25) is 0 Å². The normalized spacial score (nSPS) is 2.00. The van der Waals surface area contributed by atoms with E-state index in [0.717, 1.165) is 0 Å². The van der Waals surface area contributed by atoms with Crippen molar-refractivity contribution in [1.82, 2.24) is 0 Å². The van der Waals surface area contributed by atoms with E-state index in [1.807, 2.05) is 0 Å². The molecule has 0 aliphatic rings. The third kappa shape index (κ3) is 1210. The Labute approximate surface area is 38.3 Å². The highest BCUT2D eigenvalue weighted by Gasteiger charge is 0.734. The van der Waals surface area contributed by atoms with Crippen LogP contribution in [-0.4, -0.2) is 10.4 Å². The maximum Gasteiger partial charge on any atom is -0.0776 e. The van der Waals surface area contributed by atoms with E-state index in [-0.39, 0.29) is 14.9 Å². The molecule has 4 nitrogen and oxygen atoms in total. The van der Waals surface area contributed by atoms with Crippen LogP contribution < -0.4 is 11.8 Å². The predicted octanol–water partition coefficient (Wildman–Crippen LogP) is -0.0592. The van der Waals surface area contributed by atoms with Gasteiger partial charge in [-0.2, -0.15) is 0 Å². The summed E-state index contributed by atoms with van der Waals surface area (Å²) in [5, 5.41) is 13.0. The van der Waals surface area contributed by atoms with Crippen LogP contribution in [0.3, 0.4) is 0 Å². The van der Waals surface area contributed by atoms with Crippen molar-refractivity contribution in [3.63, 3.8) is 0 Å². The van der Waals surface area contributed by atoms with E-state index in [9.17, 15) is 0 Å². The van der Waals surface area contributed by atoms with Crippen molar-refractivity contribution in [2.45, 2.75) is 14.9 Å². The molecule has 0 bridgehead atoms. The highest BCUT2D eigenvalue weighted by Crippen LogP contribution is 0.412. The van der Waals surface area contributed by atoms with Gasteiger partial charge >= 0.3 is 0 Å². The van der Waals surface area contributed by atoms with E-state index in [0.29, 0.717) is 0 Å². The van der Waals surface area contributed by atoms with Crippen LogP contribution >= 0.6 is 0 Å². The summed E-state index contributed by atoms with van der Waals surface area (Å²) in [6.45, 7) is 0. The molecule has 0 aliphatic carbocycles. The SMILES string of the molecule is C.C.NO.NO. The zero-order valence-corrected chi connectivity index (χ0v) is 2.05. The van der Waals surface area contributed by atoms with Crippen LogP contribution in [0.4, 0.5) is 0 Å². The van der Waals surface area contributed by atoms with E-state index in [1.165, 1.54) is 0 Å². The van der Waals surface area contributed by atoms with Crippen LogP contribution in [0.2, 0.25) is 0 Å². The van der Waals surface area contributed by atoms with Crippen LogP contribution in [-0.2, 0) is 0 Å². The lowest BCUT2D eigenvalue weighted by Crippen LogP contribution is -1.72. The Bertz CT molecular complexity index is 9.51. The van der Waals surface area contributed by atoms with Crippen molar-refractivity contribution in [3.05, 3.63) is 0 Å². The molecule has 44 valence electrons. The summed E-state index contributed by atoms with van der Waals surface area (Å²) < 4.78 is 0. The van der Waals surface area contributed by atoms with Gasteiger partial charge in [0.25, 0.3) is 0 Å². The highest BCUT2D eigenvalue weighted by molar-refractivity contribution is 2.78. The zero-order valence-electron chi connectivity index (χ0n) is 2.05. The fraction of sp³-hybridized carbons (Fsp3) is 1.00. The minimum atomic E-state index is 0. The van der Waals surface area contributed by atoms with E-state index < -0.39 is 0 Å². The molecule has 0 saturated carbocycles. The van der Waals surface area contributed by atoms with Crippen molar-refractivity contribution in [2.75, 3.05) is 0 Å². The molecule has 0 aliphatic heterocycles. The Morgan fingerprint density at radius 2 is 0.667 bits per heavy atom. The molecule has 0 aromatic heterocycles. The van der Waals surface area contributed by atoms with Crippen LogP contribution in [0.1, 0.15) is 14.9 Å². The van der Waals surface area contributed by atoms with Crippen LogP contribution in [0, 0.1) is 0 Å². The van der Waals surface area contributed by atoms with E-state index in [2.05, 4.69) is 11.8 Å². The van der Waals surface area contributed by atoms with Crippen molar-refractivity contribution in [2.24, 2.45) is 11.8 Å². The van der Waals surface area contributed by atoms with Gasteiger partial charge in [0, 0.05) is 0 Å². The van der Waals surface area contributed by atoms with Crippen molar-refractivity contribution in [3.8, 4) is 0 Å². The average molecular weight is 98.1 g/mol. The molecule has 0 aromatic carbocycles. The molecule has 0 unspecified atom stereocenters. The van der Waals surface area contributed by atoms with Gasteiger partial charge in [0.05, 0.1) is 0 Å². The predicted molar refractivity (Wildman–Crippen MR) is 25.4 cm³/mol. The third-order valence-electron chi connectivity index (χ3n) is 0. The lowest BCUT2D eigenvalue weighted by molar-refractivity contribution is 0.311. The largest absolute Gasteiger partial charge is 0.320 e. The molecule has 6 N–H and O–H groups in total. The quantitative estimate of drug-likeness (QED) is 0.319. The number of hydrogen-bond acceptors (Lipinski definition) is 4. The summed E-state index contributed by atoms with van der Waals surface area (Å²) in [5.74, 6) is 7.00. The second kappa shape index (κ2) is 2790. The summed E-state index contributed by atoms with van der Waals surface area (Å²) in [4.78, 5) is 0. The van der Waals surface area contributed by atoms with Gasteiger partial charge in [-0.15, -0.1) is 0 Å². The fourth-order valence-electron chi connectivity index (χ4n) is 0. The Morgan fingerprint density at radius 3 is 0.667 bits per heavy atom. The molecule has 0 spiro atoms. The lowest BCUT2D eigenvalue weighted by Gasteiger charge is -1.27. The molecule has 6 heavy (non-hydrogen) atoms. The van der Waals surface area contributed by atoms with Gasteiger partial charge in [-0.05, 0) is 0 Å². The monoisotopic (exact) mass is 98.1 g/mol. The number of rotatable bonds is 0. The molecule has 0 aromatic rings. The smallest absolute Gasteiger partial charge is 0.0776 e. The van der Waals surface area contributed by atoms with Crippen LogP contribution in [0.5, 0.6) is 0 Å². The topological polar surface area (TPSA) is 92.5 Å². The van der Waals surface area contributed by atoms with E-state index in [1.54, 1.807) is 0 Å². The molecule has 0 amide bonds. The van der Waals surface area contributed by atoms with Crippen LogP contribution in [0.15, 0.2) is 0 Å². The fourth-order valence-corrected chi connectivity index (χ4v) is 0. The second-order valence-electron chi connectivity index (χ2n) is 0. The van der Waals surface area contributed by atoms with Crippen molar-refractivity contribution >= 4 is 0 Å². The molecular formula is C2H14N2O2. The summed E-state index contributed by atoms with van der Waals surface area (Å²) in [6, 6.07) is 0. The average Bonchev–Trinajstić information content (AvgIpc) is 1.50. The third-order valence-corrected chi connectivity index (χ3v) is 0. The Kier molecular flexibility index (Phi) is 18800. The van der Waals surface area contributed by atoms with Crippen molar-refractivity contribution in [1.29, 1.82) is 0 Å². The first kappa shape index (κ1) is 40.4. The standard InChI is InChI=1S/2CH4.2H3NO/c;;2*1-2/h2*1H4;2*2H,1H2. The van der Waals surface area contributed by atoms with Crippen LogP contribution in [0.25, 0.3) is 0 Å². The van der Waals surface area contributed by atoms with E-state index in [4.69, 9.17) is 10.4 Å². The maximum absolute atomic E-state index is 6.50. The number of hydrogen-bond donors (Lipinski definition) is 4. The maximum atomic E-state index is 6.50. The molecule has 0 rings (SSSR count). The van der Waals surface area contributed by atoms with Gasteiger partial charge in [0.15, 0.2) is 0 Å². The first-order chi connectivity index (χ1) is 2.00. The summed E-state index contributed by atoms with van der Waals surface area (Å²) in [7, 11) is 0. The Balaban J connectivity index is -0.00000000500. The molecule has 0 radical (unpaired) electrons. The van der Waals surface area contributed by atoms with Gasteiger partial charge < -0.3 is 10.4 Å². The first-order valence-electron chi connectivity index (χ1n) is 0.516. The molecule has 4 heteroatoms. The molecule has 0 fully saturated rings. The molecular weight excluding hydrogens is 84.0 g/mol. The lowest BCUT2D eigenvalue weighted by atomic mass is 12.0. The molecule has 0 heterocycles. The first-order valence-corrected chi connectivity index (χ1v) is 0.516. The molecule has 0 atom stereocenters. The zero-order chi connectivity index (χ0) is 4.00. The van der Waals surface area contributed by atoms with Gasteiger partial charge in [-0.25, -0.2) is 11.8 Å². The second-order valence-corrected chi connectivity index (χ2v) is 0.